The number of nitrogen functional groups attached to an aromatic ring is 1. The summed E-state index contributed by atoms with van der Waals surface area (Å²) < 4.78 is 5.14. The Morgan fingerprint density at radius 1 is 1.22 bits per heavy atom. The first-order valence-electron chi connectivity index (χ1n) is 5.43. The van der Waals surface area contributed by atoms with E-state index in [1.54, 1.807) is 25.3 Å². The summed E-state index contributed by atoms with van der Waals surface area (Å²) in [5.41, 5.74) is 8.31. The summed E-state index contributed by atoms with van der Waals surface area (Å²) in [6.45, 7) is 0. The molecule has 4 heteroatoms. The number of rotatable bonds is 3. The molecule has 0 aliphatic carbocycles. The summed E-state index contributed by atoms with van der Waals surface area (Å²) in [5, 5.41) is 12.2. The van der Waals surface area contributed by atoms with E-state index in [9.17, 15) is 0 Å². The van der Waals surface area contributed by atoms with Crippen LogP contribution in [0.3, 0.4) is 0 Å². The van der Waals surface area contributed by atoms with Crippen LogP contribution in [0, 0.1) is 11.3 Å². The Kier molecular flexibility index (Phi) is 3.35. The van der Waals surface area contributed by atoms with Crippen molar-refractivity contribution in [3.8, 4) is 11.8 Å². The van der Waals surface area contributed by atoms with Gasteiger partial charge in [0.1, 0.15) is 11.8 Å². The summed E-state index contributed by atoms with van der Waals surface area (Å²) in [6.07, 6.45) is 0. The lowest BCUT2D eigenvalue weighted by molar-refractivity contribution is 0.415. The molecule has 0 bridgehead atoms. The topological polar surface area (TPSA) is 71.1 Å². The molecule has 0 aliphatic rings. The highest BCUT2D eigenvalue weighted by Crippen LogP contribution is 2.24. The fourth-order valence-corrected chi connectivity index (χ4v) is 1.62. The van der Waals surface area contributed by atoms with Gasteiger partial charge in [-0.15, -0.1) is 0 Å². The Morgan fingerprint density at radius 3 is 2.78 bits per heavy atom. The van der Waals surface area contributed by atoms with Gasteiger partial charge in [0.05, 0.1) is 18.4 Å². The highest BCUT2D eigenvalue weighted by atomic mass is 16.5. The second kappa shape index (κ2) is 5.11. The van der Waals surface area contributed by atoms with Gasteiger partial charge in [-0.05, 0) is 30.3 Å². The van der Waals surface area contributed by atoms with Gasteiger partial charge in [-0.1, -0.05) is 6.07 Å². The number of nitrogens with two attached hydrogens (primary N) is 1. The zero-order valence-corrected chi connectivity index (χ0v) is 9.97. The van der Waals surface area contributed by atoms with Gasteiger partial charge < -0.3 is 15.8 Å². The van der Waals surface area contributed by atoms with Crippen molar-refractivity contribution in [1.29, 1.82) is 5.26 Å². The molecular weight excluding hydrogens is 226 g/mol. The number of benzene rings is 2. The molecule has 0 aliphatic heterocycles. The van der Waals surface area contributed by atoms with Crippen molar-refractivity contribution in [2.45, 2.75) is 0 Å². The normalized spacial score (nSPS) is 9.56. The summed E-state index contributed by atoms with van der Waals surface area (Å²) in [7, 11) is 1.61. The van der Waals surface area contributed by atoms with Crippen LogP contribution in [0.1, 0.15) is 5.56 Å². The minimum atomic E-state index is 0.512. The van der Waals surface area contributed by atoms with Gasteiger partial charge >= 0.3 is 0 Å². The number of nitrogens with one attached hydrogen (secondary N) is 1. The van der Waals surface area contributed by atoms with Crippen LogP contribution < -0.4 is 15.8 Å². The third-order valence-corrected chi connectivity index (χ3v) is 2.51. The molecule has 2 aromatic rings. The zero-order chi connectivity index (χ0) is 13.0. The molecule has 0 amide bonds. The molecule has 90 valence electrons. The summed E-state index contributed by atoms with van der Waals surface area (Å²) >= 11 is 0. The number of nitriles is 1. The van der Waals surface area contributed by atoms with Crippen LogP contribution in [0.4, 0.5) is 17.1 Å². The molecule has 2 aromatic carbocycles. The molecule has 0 fully saturated rings. The van der Waals surface area contributed by atoms with Crippen LogP contribution >= 0.6 is 0 Å². The first-order chi connectivity index (χ1) is 8.72. The van der Waals surface area contributed by atoms with Gasteiger partial charge in [0.2, 0.25) is 0 Å². The first kappa shape index (κ1) is 11.8. The summed E-state index contributed by atoms with van der Waals surface area (Å²) in [5.74, 6) is 0.758. The first-order valence-corrected chi connectivity index (χ1v) is 5.43. The summed E-state index contributed by atoms with van der Waals surface area (Å²) in [4.78, 5) is 0. The number of hydrogen-bond donors (Lipinski definition) is 2. The van der Waals surface area contributed by atoms with Crippen LogP contribution in [-0.4, -0.2) is 7.11 Å². The minimum Gasteiger partial charge on any atom is -0.497 e. The lowest BCUT2D eigenvalue weighted by Gasteiger charge is -2.09. The molecule has 0 aromatic heterocycles. The van der Waals surface area contributed by atoms with Crippen molar-refractivity contribution in [1.82, 2.24) is 0 Å². The molecule has 4 nitrogen and oxygen atoms in total. The second-order valence-corrected chi connectivity index (χ2v) is 3.77. The Hall–Kier alpha value is -2.67. The third-order valence-electron chi connectivity index (χ3n) is 2.51. The van der Waals surface area contributed by atoms with Crippen molar-refractivity contribution in [3.05, 3.63) is 48.0 Å². The predicted octanol–water partition coefficient (Wildman–Crippen LogP) is 2.89. The maximum absolute atomic E-state index is 9.05. The van der Waals surface area contributed by atoms with Gasteiger partial charge in [0.25, 0.3) is 0 Å². The third kappa shape index (κ3) is 2.53. The fourth-order valence-electron chi connectivity index (χ4n) is 1.62. The van der Waals surface area contributed by atoms with Crippen LogP contribution in [-0.2, 0) is 0 Å². The Bertz CT molecular complexity index is 602. The van der Waals surface area contributed by atoms with Gasteiger partial charge in [-0.3, -0.25) is 0 Å². The lowest BCUT2D eigenvalue weighted by atomic mass is 10.1. The molecular formula is C14H13N3O. The Morgan fingerprint density at radius 2 is 2.06 bits per heavy atom. The van der Waals surface area contributed by atoms with Crippen LogP contribution in [0.2, 0.25) is 0 Å². The quantitative estimate of drug-likeness (QED) is 0.808. The average Bonchev–Trinajstić information content (AvgIpc) is 2.41. The van der Waals surface area contributed by atoms with E-state index in [4.69, 9.17) is 15.7 Å². The van der Waals surface area contributed by atoms with Gasteiger partial charge in [-0.2, -0.15) is 5.26 Å². The molecule has 0 spiro atoms. The highest BCUT2D eigenvalue weighted by Gasteiger charge is 2.03. The minimum absolute atomic E-state index is 0.512. The molecule has 0 heterocycles. The largest absolute Gasteiger partial charge is 0.497 e. The van der Waals surface area contributed by atoms with E-state index < -0.39 is 0 Å². The van der Waals surface area contributed by atoms with E-state index in [-0.39, 0.29) is 0 Å². The van der Waals surface area contributed by atoms with E-state index >= 15 is 0 Å². The van der Waals surface area contributed by atoms with Crippen molar-refractivity contribution < 1.29 is 4.74 Å². The number of nitrogens with zero attached hydrogens (tertiary/aromatic N) is 1. The van der Waals surface area contributed by atoms with E-state index in [1.807, 2.05) is 24.3 Å². The van der Waals surface area contributed by atoms with E-state index in [0.717, 1.165) is 17.1 Å². The molecule has 0 saturated carbocycles. The Balaban J connectivity index is 2.31. The molecule has 0 atom stereocenters. The molecule has 2 rings (SSSR count). The summed E-state index contributed by atoms with van der Waals surface area (Å²) in [6, 6.07) is 14.8. The fraction of sp³-hybridized carbons (Fsp3) is 0.0714. The van der Waals surface area contributed by atoms with Gasteiger partial charge in [-0.25, -0.2) is 0 Å². The SMILES string of the molecule is COc1cccc(Nc2ccc(N)cc2C#N)c1. The van der Waals surface area contributed by atoms with E-state index in [0.29, 0.717) is 11.3 Å². The maximum Gasteiger partial charge on any atom is 0.120 e. The Labute approximate surface area is 106 Å². The zero-order valence-electron chi connectivity index (χ0n) is 9.97. The number of anilines is 3. The molecule has 3 N–H and O–H groups in total. The van der Waals surface area contributed by atoms with Crippen LogP contribution in [0.25, 0.3) is 0 Å². The van der Waals surface area contributed by atoms with Crippen LogP contribution in [0.5, 0.6) is 5.75 Å². The van der Waals surface area contributed by atoms with E-state index in [2.05, 4.69) is 11.4 Å². The molecule has 18 heavy (non-hydrogen) atoms. The molecule has 0 unspecified atom stereocenters. The van der Waals surface area contributed by atoms with Crippen molar-refractivity contribution in [3.63, 3.8) is 0 Å². The van der Waals surface area contributed by atoms with Gasteiger partial charge in [0, 0.05) is 17.4 Å². The standard InChI is InChI=1S/C14H13N3O/c1-18-13-4-2-3-12(8-13)17-14-6-5-11(16)7-10(14)9-15/h2-8,17H,16H2,1H3. The average molecular weight is 239 g/mol. The van der Waals surface area contributed by atoms with E-state index in [1.165, 1.54) is 0 Å². The monoisotopic (exact) mass is 239 g/mol. The molecule has 0 saturated heterocycles. The van der Waals surface area contributed by atoms with Crippen molar-refractivity contribution >= 4 is 17.1 Å². The van der Waals surface area contributed by atoms with Crippen LogP contribution in [0.15, 0.2) is 42.5 Å². The van der Waals surface area contributed by atoms with Gasteiger partial charge in [0.15, 0.2) is 0 Å². The molecule has 0 radical (unpaired) electrons. The maximum atomic E-state index is 9.05. The lowest BCUT2D eigenvalue weighted by Crippen LogP contribution is -1.95. The second-order valence-electron chi connectivity index (χ2n) is 3.77. The number of hydrogen-bond acceptors (Lipinski definition) is 4. The smallest absolute Gasteiger partial charge is 0.120 e. The predicted molar refractivity (Wildman–Crippen MR) is 71.8 cm³/mol. The number of ether oxygens (including phenoxy) is 1. The van der Waals surface area contributed by atoms with Crippen molar-refractivity contribution in [2.24, 2.45) is 0 Å². The highest BCUT2D eigenvalue weighted by molar-refractivity contribution is 5.69. The van der Waals surface area contributed by atoms with Crippen molar-refractivity contribution in [2.75, 3.05) is 18.2 Å². The number of methoxy groups -OCH3 is 1.